The molecular weight excluding hydrogens is 416 g/mol. The summed E-state index contributed by atoms with van der Waals surface area (Å²) in [5, 5.41) is 5.94. The molecule has 8 nitrogen and oxygen atoms in total. The fourth-order valence-corrected chi connectivity index (χ4v) is 5.85. The van der Waals surface area contributed by atoms with Gasteiger partial charge in [-0.3, -0.25) is 14.5 Å². The van der Waals surface area contributed by atoms with Crippen molar-refractivity contribution >= 4 is 21.8 Å². The maximum Gasteiger partial charge on any atom is 0.243 e. The molecule has 0 unspecified atom stereocenters. The van der Waals surface area contributed by atoms with Gasteiger partial charge in [0.2, 0.25) is 21.8 Å². The van der Waals surface area contributed by atoms with Crippen LogP contribution in [0.5, 0.6) is 0 Å². The van der Waals surface area contributed by atoms with Crippen LogP contribution in [-0.4, -0.2) is 74.2 Å². The molecule has 1 atom stereocenters. The fourth-order valence-electron chi connectivity index (χ4n) is 4.19. The molecule has 2 saturated heterocycles. The van der Waals surface area contributed by atoms with E-state index in [1.54, 1.807) is 24.3 Å². The van der Waals surface area contributed by atoms with Crippen molar-refractivity contribution in [2.24, 2.45) is 0 Å². The highest BCUT2D eigenvalue weighted by molar-refractivity contribution is 7.89. The number of amides is 2. The van der Waals surface area contributed by atoms with E-state index in [-0.39, 0.29) is 22.8 Å². The highest BCUT2D eigenvalue weighted by Crippen LogP contribution is 2.27. The number of rotatable bonds is 8. The van der Waals surface area contributed by atoms with Gasteiger partial charge in [-0.15, -0.1) is 0 Å². The molecule has 2 N–H and O–H groups in total. The Kier molecular flexibility index (Phi) is 8.07. The molecule has 2 aliphatic rings. The summed E-state index contributed by atoms with van der Waals surface area (Å²) in [6.45, 7) is 6.83. The van der Waals surface area contributed by atoms with Crippen molar-refractivity contribution in [1.29, 1.82) is 0 Å². The lowest BCUT2D eigenvalue weighted by Gasteiger charge is -2.33. The molecule has 1 aromatic rings. The van der Waals surface area contributed by atoms with Crippen LogP contribution in [0.15, 0.2) is 29.2 Å². The Morgan fingerprint density at radius 3 is 2.39 bits per heavy atom. The SMILES string of the molecule is CCCNC(=O)CN1CCC(NC(=O)[C@@H]2CCCN2S(=O)(=O)c2ccc(C)cc2)CC1. The summed E-state index contributed by atoms with van der Waals surface area (Å²) < 4.78 is 27.5. The van der Waals surface area contributed by atoms with Crippen LogP contribution in [0, 0.1) is 6.92 Å². The summed E-state index contributed by atoms with van der Waals surface area (Å²) >= 11 is 0. The second-order valence-corrected chi connectivity index (χ2v) is 10.4. The minimum Gasteiger partial charge on any atom is -0.355 e. The maximum atomic E-state index is 13.1. The Morgan fingerprint density at radius 1 is 1.06 bits per heavy atom. The lowest BCUT2D eigenvalue weighted by Crippen LogP contribution is -2.52. The van der Waals surface area contributed by atoms with Crippen LogP contribution in [-0.2, 0) is 19.6 Å². The molecule has 2 amide bonds. The first-order chi connectivity index (χ1) is 14.8. The van der Waals surface area contributed by atoms with E-state index in [2.05, 4.69) is 15.5 Å². The third-order valence-electron chi connectivity index (χ3n) is 6.01. The predicted octanol–water partition coefficient (Wildman–Crippen LogP) is 1.25. The van der Waals surface area contributed by atoms with E-state index < -0.39 is 16.1 Å². The number of benzene rings is 1. The molecule has 0 radical (unpaired) electrons. The van der Waals surface area contributed by atoms with E-state index in [4.69, 9.17) is 0 Å². The average Bonchev–Trinajstić information content (AvgIpc) is 3.25. The summed E-state index contributed by atoms with van der Waals surface area (Å²) in [7, 11) is -3.70. The topological polar surface area (TPSA) is 98.8 Å². The van der Waals surface area contributed by atoms with Crippen LogP contribution >= 0.6 is 0 Å². The van der Waals surface area contributed by atoms with Gasteiger partial charge in [-0.2, -0.15) is 4.31 Å². The van der Waals surface area contributed by atoms with Gasteiger partial charge in [0.1, 0.15) is 6.04 Å². The van der Waals surface area contributed by atoms with Crippen molar-refractivity contribution in [2.45, 2.75) is 62.9 Å². The van der Waals surface area contributed by atoms with E-state index in [0.717, 1.165) is 37.9 Å². The molecule has 1 aromatic carbocycles. The zero-order valence-electron chi connectivity index (χ0n) is 18.5. The van der Waals surface area contributed by atoms with E-state index >= 15 is 0 Å². The molecule has 2 heterocycles. The molecule has 31 heavy (non-hydrogen) atoms. The maximum absolute atomic E-state index is 13.1. The van der Waals surface area contributed by atoms with Crippen LogP contribution in [0.1, 0.15) is 44.6 Å². The predicted molar refractivity (Wildman–Crippen MR) is 119 cm³/mol. The van der Waals surface area contributed by atoms with Gasteiger partial charge >= 0.3 is 0 Å². The molecule has 0 saturated carbocycles. The highest BCUT2D eigenvalue weighted by Gasteiger charge is 2.40. The number of aryl methyl sites for hydroxylation is 1. The van der Waals surface area contributed by atoms with Gasteiger partial charge in [-0.05, 0) is 51.2 Å². The van der Waals surface area contributed by atoms with Crippen molar-refractivity contribution in [1.82, 2.24) is 19.8 Å². The quantitative estimate of drug-likeness (QED) is 0.621. The highest BCUT2D eigenvalue weighted by atomic mass is 32.2. The number of nitrogens with zero attached hydrogens (tertiary/aromatic N) is 2. The first-order valence-corrected chi connectivity index (χ1v) is 12.6. The van der Waals surface area contributed by atoms with Crippen molar-refractivity contribution in [3.63, 3.8) is 0 Å². The van der Waals surface area contributed by atoms with E-state index in [1.807, 2.05) is 13.8 Å². The molecule has 0 aromatic heterocycles. The molecule has 2 aliphatic heterocycles. The van der Waals surface area contributed by atoms with Gasteiger partial charge < -0.3 is 10.6 Å². The van der Waals surface area contributed by atoms with Gasteiger partial charge in [0.05, 0.1) is 11.4 Å². The van der Waals surface area contributed by atoms with Crippen LogP contribution in [0.4, 0.5) is 0 Å². The Hall–Kier alpha value is -1.97. The van der Waals surface area contributed by atoms with E-state index in [1.165, 1.54) is 4.31 Å². The van der Waals surface area contributed by atoms with Crippen molar-refractivity contribution in [3.05, 3.63) is 29.8 Å². The summed E-state index contributed by atoms with van der Waals surface area (Å²) in [6.07, 6.45) is 3.63. The second-order valence-electron chi connectivity index (χ2n) is 8.50. The van der Waals surface area contributed by atoms with Gasteiger partial charge in [0.15, 0.2) is 0 Å². The molecular formula is C22H34N4O4S. The number of nitrogens with one attached hydrogen (secondary N) is 2. The molecule has 0 spiro atoms. The number of piperidine rings is 1. The van der Waals surface area contributed by atoms with Crippen molar-refractivity contribution in [3.8, 4) is 0 Å². The Bertz CT molecular complexity index is 864. The molecule has 2 fully saturated rings. The molecule has 172 valence electrons. The number of likely N-dealkylation sites (tertiary alicyclic amines) is 1. The first kappa shape index (κ1) is 23.7. The molecule has 3 rings (SSSR count). The largest absolute Gasteiger partial charge is 0.355 e. The van der Waals surface area contributed by atoms with Gasteiger partial charge in [-0.1, -0.05) is 24.6 Å². The summed E-state index contributed by atoms with van der Waals surface area (Å²) in [5.74, 6) is -0.181. The van der Waals surface area contributed by atoms with Crippen LogP contribution in [0.3, 0.4) is 0 Å². The van der Waals surface area contributed by atoms with Crippen LogP contribution in [0.2, 0.25) is 0 Å². The average molecular weight is 451 g/mol. The second kappa shape index (κ2) is 10.6. The third kappa shape index (κ3) is 6.05. The zero-order valence-corrected chi connectivity index (χ0v) is 19.3. The normalized spacial score (nSPS) is 21.2. The van der Waals surface area contributed by atoms with Gasteiger partial charge in [-0.25, -0.2) is 8.42 Å². The number of carbonyl (C=O) groups excluding carboxylic acids is 2. The van der Waals surface area contributed by atoms with Gasteiger partial charge in [0.25, 0.3) is 0 Å². The summed E-state index contributed by atoms with van der Waals surface area (Å²) in [5.41, 5.74) is 0.990. The molecule has 9 heteroatoms. The Morgan fingerprint density at radius 2 is 1.74 bits per heavy atom. The smallest absolute Gasteiger partial charge is 0.243 e. The van der Waals surface area contributed by atoms with E-state index in [0.29, 0.717) is 32.5 Å². The summed E-state index contributed by atoms with van der Waals surface area (Å²) in [6, 6.07) is 6.09. The summed E-state index contributed by atoms with van der Waals surface area (Å²) in [4.78, 5) is 27.1. The lowest BCUT2D eigenvalue weighted by molar-refractivity contribution is -0.126. The number of sulfonamides is 1. The third-order valence-corrected chi connectivity index (χ3v) is 7.93. The lowest BCUT2D eigenvalue weighted by atomic mass is 10.0. The standard InChI is InChI=1S/C22H34N4O4S/c1-3-12-23-21(27)16-25-14-10-18(11-15-25)24-22(28)20-5-4-13-26(20)31(29,30)19-8-6-17(2)7-9-19/h6-9,18,20H,3-5,10-16H2,1-2H3,(H,23,27)(H,24,28)/t20-/m0/s1. The minimum absolute atomic E-state index is 0.00646. The Balaban J connectivity index is 1.53. The van der Waals surface area contributed by atoms with E-state index in [9.17, 15) is 18.0 Å². The van der Waals surface area contributed by atoms with Crippen LogP contribution in [0.25, 0.3) is 0 Å². The van der Waals surface area contributed by atoms with Crippen molar-refractivity contribution < 1.29 is 18.0 Å². The number of hydrogen-bond acceptors (Lipinski definition) is 5. The van der Waals surface area contributed by atoms with Crippen molar-refractivity contribution in [2.75, 3.05) is 32.7 Å². The first-order valence-electron chi connectivity index (χ1n) is 11.2. The van der Waals surface area contributed by atoms with Gasteiger partial charge in [0, 0.05) is 32.2 Å². The Labute approximate surface area is 185 Å². The molecule has 0 bridgehead atoms. The fraction of sp³-hybridized carbons (Fsp3) is 0.636. The number of carbonyl (C=O) groups is 2. The minimum atomic E-state index is -3.70. The van der Waals surface area contributed by atoms with Crippen LogP contribution < -0.4 is 10.6 Å². The monoisotopic (exact) mass is 450 g/mol. The molecule has 0 aliphatic carbocycles. The number of hydrogen-bond donors (Lipinski definition) is 2. The zero-order chi connectivity index (χ0) is 22.4.